The minimum Gasteiger partial charge on any atom is -0.396 e. The third kappa shape index (κ3) is 5.16. The van der Waals surface area contributed by atoms with Gasteiger partial charge in [-0.05, 0) is 55.3 Å². The lowest BCUT2D eigenvalue weighted by Crippen LogP contribution is -2.46. The molecule has 2 N–H and O–H groups in total. The molecule has 0 bridgehead atoms. The van der Waals surface area contributed by atoms with E-state index in [1.165, 1.54) is 11.9 Å². The van der Waals surface area contributed by atoms with Crippen molar-refractivity contribution in [1.82, 2.24) is 14.9 Å². The summed E-state index contributed by atoms with van der Waals surface area (Å²) in [6.45, 7) is 7.25. The first-order valence-electron chi connectivity index (χ1n) is 12.3. The molecule has 1 fully saturated rings. The number of fused-ring (bicyclic) bond motifs is 1. The second kappa shape index (κ2) is 10.0. The molecule has 0 amide bonds. The normalized spacial score (nSPS) is 15.0. The monoisotopic (exact) mass is 504 g/mol. The zero-order chi connectivity index (χ0) is 25.3. The fourth-order valence-corrected chi connectivity index (χ4v) is 5.48. The van der Waals surface area contributed by atoms with Crippen LogP contribution in [0.5, 0.6) is 0 Å². The largest absolute Gasteiger partial charge is 0.396 e. The van der Waals surface area contributed by atoms with Crippen molar-refractivity contribution < 1.29 is 13.5 Å². The molecule has 0 aliphatic carbocycles. The molecular formula is C28H32N4O3S. The molecule has 1 aliphatic heterocycles. The quantitative estimate of drug-likeness (QED) is 0.394. The first kappa shape index (κ1) is 24.5. The summed E-state index contributed by atoms with van der Waals surface area (Å²) in [4.78, 5) is 13.5. The molecule has 2 aromatic heterocycles. The summed E-state index contributed by atoms with van der Waals surface area (Å²) in [6.07, 6.45) is 2.05. The summed E-state index contributed by atoms with van der Waals surface area (Å²) >= 11 is 0. The highest BCUT2D eigenvalue weighted by Gasteiger charge is 2.17. The molecule has 4 aromatic rings. The zero-order valence-corrected chi connectivity index (χ0v) is 21.6. The second-order valence-corrected chi connectivity index (χ2v) is 11.5. The number of rotatable bonds is 7. The number of aromatic amines is 1. The number of benzene rings is 2. The molecule has 36 heavy (non-hydrogen) atoms. The van der Waals surface area contributed by atoms with Crippen LogP contribution in [0.4, 0.5) is 5.69 Å². The predicted molar refractivity (Wildman–Crippen MR) is 145 cm³/mol. The van der Waals surface area contributed by atoms with E-state index in [0.717, 1.165) is 78.3 Å². The van der Waals surface area contributed by atoms with Gasteiger partial charge in [-0.25, -0.2) is 8.42 Å². The van der Waals surface area contributed by atoms with Crippen LogP contribution >= 0.6 is 0 Å². The van der Waals surface area contributed by atoms with Gasteiger partial charge < -0.3 is 15.0 Å². The molecule has 7 nitrogen and oxygen atoms in total. The fourth-order valence-electron chi connectivity index (χ4n) is 4.85. The lowest BCUT2D eigenvalue weighted by Gasteiger charge is -2.36. The molecule has 0 spiro atoms. The summed E-state index contributed by atoms with van der Waals surface area (Å²) in [7, 11) is -3.22. The highest BCUT2D eigenvalue weighted by atomic mass is 32.2. The lowest BCUT2D eigenvalue weighted by molar-refractivity contribution is 0.216. The minimum absolute atomic E-state index is 0.253. The Kier molecular flexibility index (Phi) is 6.83. The molecule has 5 rings (SSSR count). The van der Waals surface area contributed by atoms with Gasteiger partial charge in [0.2, 0.25) is 0 Å². The van der Waals surface area contributed by atoms with Gasteiger partial charge >= 0.3 is 0 Å². The standard InChI is InChI=1S/C28H32N4O3S/c1-20-25-18-26(22-6-10-24(11-7-22)36(2,34)35)30-28(25)19-27(29-20)21-4-8-23(9-5-21)32-15-13-31(14-16-32)12-3-17-33/h4-11,18-19,30,33H,3,12-17H2,1-2H3. The molecule has 0 atom stereocenters. The zero-order valence-electron chi connectivity index (χ0n) is 20.7. The SMILES string of the molecule is Cc1nc(-c2ccc(N3CCN(CCCO)CC3)cc2)cc2[nH]c(-c3ccc(S(C)(=O)=O)cc3)cc12. The molecule has 1 saturated heterocycles. The van der Waals surface area contributed by atoms with Gasteiger partial charge in [0.25, 0.3) is 0 Å². The smallest absolute Gasteiger partial charge is 0.175 e. The van der Waals surface area contributed by atoms with E-state index in [9.17, 15) is 8.42 Å². The number of hydrogen-bond acceptors (Lipinski definition) is 6. The average Bonchev–Trinajstić information content (AvgIpc) is 3.32. The van der Waals surface area contributed by atoms with E-state index in [0.29, 0.717) is 4.90 Å². The first-order valence-corrected chi connectivity index (χ1v) is 14.2. The Bertz CT molecular complexity index is 1450. The van der Waals surface area contributed by atoms with Crippen molar-refractivity contribution in [2.24, 2.45) is 0 Å². The highest BCUT2D eigenvalue weighted by molar-refractivity contribution is 7.90. The Labute approximate surface area is 212 Å². The van der Waals surface area contributed by atoms with Crippen LogP contribution in [-0.2, 0) is 9.84 Å². The van der Waals surface area contributed by atoms with Gasteiger partial charge in [0.05, 0.1) is 10.6 Å². The number of nitrogens with zero attached hydrogens (tertiary/aromatic N) is 3. The number of aliphatic hydroxyl groups is 1. The maximum absolute atomic E-state index is 11.8. The number of piperazine rings is 1. The van der Waals surface area contributed by atoms with Gasteiger partial charge in [-0.2, -0.15) is 0 Å². The fraction of sp³-hybridized carbons (Fsp3) is 0.321. The van der Waals surface area contributed by atoms with Crippen molar-refractivity contribution >= 4 is 26.4 Å². The summed E-state index contributed by atoms with van der Waals surface area (Å²) in [5, 5.41) is 10.1. The first-order chi connectivity index (χ1) is 17.3. The van der Waals surface area contributed by atoms with Gasteiger partial charge in [0.1, 0.15) is 0 Å². The molecular weight excluding hydrogens is 472 g/mol. The topological polar surface area (TPSA) is 89.5 Å². The van der Waals surface area contributed by atoms with Crippen molar-refractivity contribution in [2.45, 2.75) is 18.2 Å². The molecule has 188 valence electrons. The van der Waals surface area contributed by atoms with Crippen molar-refractivity contribution in [3.05, 3.63) is 66.4 Å². The van der Waals surface area contributed by atoms with E-state index in [1.807, 2.05) is 19.1 Å². The van der Waals surface area contributed by atoms with Crippen LogP contribution in [0.3, 0.4) is 0 Å². The van der Waals surface area contributed by atoms with Gasteiger partial charge in [-0.1, -0.05) is 24.3 Å². The number of anilines is 1. The van der Waals surface area contributed by atoms with Crippen LogP contribution < -0.4 is 4.90 Å². The Morgan fingerprint density at radius 3 is 2.25 bits per heavy atom. The summed E-state index contributed by atoms with van der Waals surface area (Å²) in [5.74, 6) is 0. The number of sulfone groups is 1. The minimum atomic E-state index is -3.22. The van der Waals surface area contributed by atoms with Crippen molar-refractivity contribution in [3.63, 3.8) is 0 Å². The lowest BCUT2D eigenvalue weighted by atomic mass is 10.1. The van der Waals surface area contributed by atoms with E-state index in [1.54, 1.807) is 12.1 Å². The number of aliphatic hydroxyl groups excluding tert-OH is 1. The van der Waals surface area contributed by atoms with Crippen molar-refractivity contribution in [3.8, 4) is 22.5 Å². The molecule has 8 heteroatoms. The Morgan fingerprint density at radius 2 is 1.61 bits per heavy atom. The Morgan fingerprint density at radius 1 is 0.944 bits per heavy atom. The van der Waals surface area contributed by atoms with Crippen LogP contribution in [0.2, 0.25) is 0 Å². The van der Waals surface area contributed by atoms with E-state index < -0.39 is 9.84 Å². The van der Waals surface area contributed by atoms with Gasteiger partial charge in [-0.3, -0.25) is 9.88 Å². The predicted octanol–water partition coefficient (Wildman–Crippen LogP) is 4.11. The van der Waals surface area contributed by atoms with Crippen LogP contribution in [0.15, 0.2) is 65.6 Å². The average molecular weight is 505 g/mol. The van der Waals surface area contributed by atoms with Crippen LogP contribution in [0.1, 0.15) is 12.1 Å². The van der Waals surface area contributed by atoms with E-state index >= 15 is 0 Å². The number of nitrogens with one attached hydrogen (secondary N) is 1. The maximum atomic E-state index is 11.8. The molecule has 3 heterocycles. The van der Waals surface area contributed by atoms with Gasteiger partial charge in [-0.15, -0.1) is 0 Å². The third-order valence-electron chi connectivity index (χ3n) is 6.93. The van der Waals surface area contributed by atoms with Crippen LogP contribution in [0.25, 0.3) is 33.4 Å². The Balaban J connectivity index is 1.34. The van der Waals surface area contributed by atoms with Crippen LogP contribution in [0, 0.1) is 6.92 Å². The van der Waals surface area contributed by atoms with E-state index in [-0.39, 0.29) is 6.61 Å². The highest BCUT2D eigenvalue weighted by Crippen LogP contribution is 2.30. The number of aryl methyl sites for hydroxylation is 1. The van der Waals surface area contributed by atoms with Crippen molar-refractivity contribution in [2.75, 3.05) is 50.5 Å². The van der Waals surface area contributed by atoms with E-state index in [2.05, 4.69) is 51.2 Å². The number of pyridine rings is 1. The summed E-state index contributed by atoms with van der Waals surface area (Å²) in [5.41, 5.74) is 7.02. The van der Waals surface area contributed by atoms with Gasteiger partial charge in [0.15, 0.2) is 9.84 Å². The summed E-state index contributed by atoms with van der Waals surface area (Å²) in [6, 6.07) is 19.7. The van der Waals surface area contributed by atoms with Crippen LogP contribution in [-0.4, -0.2) is 74.0 Å². The molecule has 0 saturated carbocycles. The molecule has 1 aliphatic rings. The second-order valence-electron chi connectivity index (χ2n) is 9.49. The number of aromatic nitrogens is 2. The number of H-pyrrole nitrogens is 1. The molecule has 2 aromatic carbocycles. The number of hydrogen-bond donors (Lipinski definition) is 2. The maximum Gasteiger partial charge on any atom is 0.175 e. The molecule has 0 radical (unpaired) electrons. The van der Waals surface area contributed by atoms with Crippen molar-refractivity contribution in [1.29, 1.82) is 0 Å². The summed E-state index contributed by atoms with van der Waals surface area (Å²) < 4.78 is 23.5. The van der Waals surface area contributed by atoms with Gasteiger partial charge in [0, 0.05) is 79.1 Å². The Hall–Kier alpha value is -3.20. The van der Waals surface area contributed by atoms with E-state index in [4.69, 9.17) is 10.1 Å². The third-order valence-corrected chi connectivity index (χ3v) is 8.06. The molecule has 0 unspecified atom stereocenters.